The van der Waals surface area contributed by atoms with Crippen molar-refractivity contribution in [1.29, 1.82) is 0 Å². The average molecular weight is 423 g/mol. The van der Waals surface area contributed by atoms with Crippen LogP contribution in [0.25, 0.3) is 0 Å². The van der Waals surface area contributed by atoms with Crippen molar-refractivity contribution in [1.82, 2.24) is 10.2 Å². The van der Waals surface area contributed by atoms with Gasteiger partial charge in [0.05, 0.1) is 0 Å². The Hall–Kier alpha value is -3.35. The molecule has 164 valence electrons. The molecular weight excluding hydrogens is 392 g/mol. The molecule has 0 bridgehead atoms. The molecule has 1 saturated heterocycles. The second-order valence-corrected chi connectivity index (χ2v) is 8.12. The number of urea groups is 1. The molecule has 2 aromatic carbocycles. The van der Waals surface area contributed by atoms with Crippen molar-refractivity contribution >= 4 is 29.2 Å². The summed E-state index contributed by atoms with van der Waals surface area (Å²) >= 11 is 0. The summed E-state index contributed by atoms with van der Waals surface area (Å²) in [6.07, 6.45) is 1.27. The highest BCUT2D eigenvalue weighted by Crippen LogP contribution is 2.19. The number of rotatable bonds is 6. The number of hydrogen-bond acceptors (Lipinski definition) is 3. The van der Waals surface area contributed by atoms with Crippen molar-refractivity contribution in [2.45, 2.75) is 33.2 Å². The van der Waals surface area contributed by atoms with Gasteiger partial charge in [-0.25, -0.2) is 4.79 Å². The summed E-state index contributed by atoms with van der Waals surface area (Å²) in [5.41, 5.74) is 2.41. The number of nitrogens with one attached hydrogen (secondary N) is 3. The third kappa shape index (κ3) is 6.57. The Labute approximate surface area is 183 Å². The van der Waals surface area contributed by atoms with E-state index in [9.17, 15) is 14.4 Å². The van der Waals surface area contributed by atoms with E-state index in [2.05, 4.69) is 16.0 Å². The van der Waals surface area contributed by atoms with Crippen molar-refractivity contribution < 1.29 is 14.4 Å². The normalized spacial score (nSPS) is 14.2. The molecule has 1 heterocycles. The number of amides is 4. The van der Waals surface area contributed by atoms with Gasteiger partial charge in [-0.15, -0.1) is 0 Å². The van der Waals surface area contributed by atoms with Gasteiger partial charge in [-0.3, -0.25) is 9.59 Å². The van der Waals surface area contributed by atoms with E-state index in [1.807, 2.05) is 68.4 Å². The SMILES string of the molecule is CC(C)C(=O)Nc1cccc(CNC(=O)C2CCN(C(=O)Nc3ccccc3)CC2)c1. The molecule has 1 aliphatic rings. The highest BCUT2D eigenvalue weighted by molar-refractivity contribution is 5.92. The van der Waals surface area contributed by atoms with Crippen molar-refractivity contribution in [3.05, 3.63) is 60.2 Å². The summed E-state index contributed by atoms with van der Waals surface area (Å²) in [6, 6.07) is 16.7. The van der Waals surface area contributed by atoms with E-state index in [0.29, 0.717) is 32.5 Å². The van der Waals surface area contributed by atoms with Crippen molar-refractivity contribution in [3.63, 3.8) is 0 Å². The predicted octanol–water partition coefficient (Wildman–Crippen LogP) is 3.84. The van der Waals surface area contributed by atoms with Crippen LogP contribution in [0.3, 0.4) is 0 Å². The number of carbonyl (C=O) groups excluding carboxylic acids is 3. The molecule has 4 amide bonds. The first-order valence-electron chi connectivity index (χ1n) is 10.7. The quantitative estimate of drug-likeness (QED) is 0.661. The van der Waals surface area contributed by atoms with Crippen LogP contribution in [-0.2, 0) is 16.1 Å². The highest BCUT2D eigenvalue weighted by Gasteiger charge is 2.27. The maximum atomic E-state index is 12.6. The first-order valence-corrected chi connectivity index (χ1v) is 10.7. The van der Waals surface area contributed by atoms with E-state index in [4.69, 9.17) is 0 Å². The predicted molar refractivity (Wildman–Crippen MR) is 122 cm³/mol. The summed E-state index contributed by atoms with van der Waals surface area (Å²) in [6.45, 7) is 5.19. The lowest BCUT2D eigenvalue weighted by Crippen LogP contribution is -2.44. The minimum atomic E-state index is -0.134. The van der Waals surface area contributed by atoms with E-state index in [1.165, 1.54) is 0 Å². The molecule has 7 heteroatoms. The van der Waals surface area contributed by atoms with Crippen LogP contribution in [0.2, 0.25) is 0 Å². The Morgan fingerprint density at radius 1 is 0.935 bits per heavy atom. The van der Waals surface area contributed by atoms with Crippen LogP contribution in [0.5, 0.6) is 0 Å². The molecule has 0 radical (unpaired) electrons. The Bertz CT molecular complexity index is 906. The van der Waals surface area contributed by atoms with Crippen LogP contribution in [-0.4, -0.2) is 35.8 Å². The van der Waals surface area contributed by atoms with Gasteiger partial charge in [0.25, 0.3) is 0 Å². The Morgan fingerprint density at radius 3 is 2.29 bits per heavy atom. The molecule has 0 unspecified atom stereocenters. The second-order valence-electron chi connectivity index (χ2n) is 8.12. The van der Waals surface area contributed by atoms with Gasteiger partial charge in [0.2, 0.25) is 11.8 Å². The van der Waals surface area contributed by atoms with Crippen molar-refractivity contribution in [2.75, 3.05) is 23.7 Å². The van der Waals surface area contributed by atoms with Crippen LogP contribution >= 0.6 is 0 Å². The minimum absolute atomic E-state index is 0.000244. The molecule has 0 atom stereocenters. The summed E-state index contributed by atoms with van der Waals surface area (Å²) in [7, 11) is 0. The molecule has 1 aliphatic heterocycles. The van der Waals surface area contributed by atoms with Gasteiger partial charge in [0, 0.05) is 42.8 Å². The monoisotopic (exact) mass is 422 g/mol. The van der Waals surface area contributed by atoms with Gasteiger partial charge >= 0.3 is 6.03 Å². The Balaban J connectivity index is 1.44. The fourth-order valence-corrected chi connectivity index (χ4v) is 3.45. The number of anilines is 2. The minimum Gasteiger partial charge on any atom is -0.352 e. The molecule has 3 N–H and O–H groups in total. The molecule has 3 rings (SSSR count). The molecule has 7 nitrogen and oxygen atoms in total. The Morgan fingerprint density at radius 2 is 1.61 bits per heavy atom. The van der Waals surface area contributed by atoms with Gasteiger partial charge in [-0.2, -0.15) is 0 Å². The number of likely N-dealkylation sites (tertiary alicyclic amines) is 1. The van der Waals surface area contributed by atoms with Crippen LogP contribution in [0.15, 0.2) is 54.6 Å². The van der Waals surface area contributed by atoms with Gasteiger partial charge < -0.3 is 20.9 Å². The number of carbonyl (C=O) groups is 3. The summed E-state index contributed by atoms with van der Waals surface area (Å²) in [5.74, 6) is -0.238. The summed E-state index contributed by atoms with van der Waals surface area (Å²) < 4.78 is 0. The van der Waals surface area contributed by atoms with Gasteiger partial charge in [-0.05, 0) is 42.7 Å². The first kappa shape index (κ1) is 22.3. The standard InChI is InChI=1S/C24H30N4O3/c1-17(2)22(29)26-21-10-6-7-18(15-21)16-25-23(30)19-11-13-28(14-12-19)24(31)27-20-8-4-3-5-9-20/h3-10,15,17,19H,11-14,16H2,1-2H3,(H,25,30)(H,26,29)(H,27,31). The van der Waals surface area contributed by atoms with E-state index in [0.717, 1.165) is 16.9 Å². The molecule has 0 aliphatic carbocycles. The smallest absolute Gasteiger partial charge is 0.321 e. The maximum Gasteiger partial charge on any atom is 0.321 e. The third-order valence-electron chi connectivity index (χ3n) is 5.36. The highest BCUT2D eigenvalue weighted by atomic mass is 16.2. The lowest BCUT2D eigenvalue weighted by Gasteiger charge is -2.31. The molecular formula is C24H30N4O3. The second kappa shape index (κ2) is 10.6. The molecule has 2 aromatic rings. The van der Waals surface area contributed by atoms with Gasteiger partial charge in [0.1, 0.15) is 0 Å². The number of benzene rings is 2. The molecule has 0 aromatic heterocycles. The third-order valence-corrected chi connectivity index (χ3v) is 5.36. The lowest BCUT2D eigenvalue weighted by atomic mass is 9.96. The van der Waals surface area contributed by atoms with Gasteiger partial charge in [-0.1, -0.05) is 44.2 Å². The molecule has 0 spiro atoms. The number of hydrogen-bond donors (Lipinski definition) is 3. The van der Waals surface area contributed by atoms with Crippen LogP contribution < -0.4 is 16.0 Å². The topological polar surface area (TPSA) is 90.5 Å². The van der Waals surface area contributed by atoms with Crippen molar-refractivity contribution in [2.24, 2.45) is 11.8 Å². The lowest BCUT2D eigenvalue weighted by molar-refractivity contribution is -0.126. The zero-order chi connectivity index (χ0) is 22.2. The molecule has 1 fully saturated rings. The first-order chi connectivity index (χ1) is 14.9. The van der Waals surface area contributed by atoms with E-state index in [1.54, 1.807) is 4.90 Å². The zero-order valence-corrected chi connectivity index (χ0v) is 18.1. The Kier molecular flexibility index (Phi) is 7.65. The maximum absolute atomic E-state index is 12.6. The fraction of sp³-hybridized carbons (Fsp3) is 0.375. The van der Waals surface area contributed by atoms with Crippen LogP contribution in [0.1, 0.15) is 32.3 Å². The van der Waals surface area contributed by atoms with Gasteiger partial charge in [0.15, 0.2) is 0 Å². The number of nitrogens with zero attached hydrogens (tertiary/aromatic N) is 1. The van der Waals surface area contributed by atoms with Crippen molar-refractivity contribution in [3.8, 4) is 0 Å². The largest absolute Gasteiger partial charge is 0.352 e. The number of piperidine rings is 1. The van der Waals surface area contributed by atoms with E-state index >= 15 is 0 Å². The summed E-state index contributed by atoms with van der Waals surface area (Å²) in [5, 5.41) is 8.74. The van der Waals surface area contributed by atoms with Crippen LogP contribution in [0.4, 0.5) is 16.2 Å². The average Bonchev–Trinajstić information content (AvgIpc) is 2.78. The van der Waals surface area contributed by atoms with E-state index in [-0.39, 0.29) is 29.7 Å². The van der Waals surface area contributed by atoms with E-state index < -0.39 is 0 Å². The fourth-order valence-electron chi connectivity index (χ4n) is 3.45. The number of para-hydroxylation sites is 1. The zero-order valence-electron chi connectivity index (χ0n) is 18.1. The van der Waals surface area contributed by atoms with Crippen LogP contribution in [0, 0.1) is 11.8 Å². The molecule has 0 saturated carbocycles. The molecule has 31 heavy (non-hydrogen) atoms. The summed E-state index contributed by atoms with van der Waals surface area (Å²) in [4.78, 5) is 38.6.